The van der Waals surface area contributed by atoms with Gasteiger partial charge in [0, 0.05) is 12.1 Å². The van der Waals surface area contributed by atoms with E-state index in [1.54, 1.807) is 0 Å². The summed E-state index contributed by atoms with van der Waals surface area (Å²) in [6.07, 6.45) is 14.7. The highest BCUT2D eigenvalue weighted by atomic mass is 15.0. The van der Waals surface area contributed by atoms with Crippen LogP contribution in [0.5, 0.6) is 0 Å². The molecule has 2 saturated carbocycles. The molecule has 2 aliphatic rings. The van der Waals surface area contributed by atoms with Gasteiger partial charge in [0.2, 0.25) is 0 Å². The molecule has 1 unspecified atom stereocenters. The third-order valence-electron chi connectivity index (χ3n) is 5.24. The molecular formula is C16H31N. The van der Waals surface area contributed by atoms with Crippen LogP contribution in [0.3, 0.4) is 0 Å². The van der Waals surface area contributed by atoms with Crippen molar-refractivity contribution in [1.29, 1.82) is 0 Å². The van der Waals surface area contributed by atoms with E-state index in [1.807, 2.05) is 0 Å². The van der Waals surface area contributed by atoms with Gasteiger partial charge >= 0.3 is 0 Å². The number of hydrogen-bond acceptors (Lipinski definition) is 1. The average Bonchev–Trinajstić information content (AvgIpc) is 2.71. The first-order valence-electron chi connectivity index (χ1n) is 8.03. The average molecular weight is 237 g/mol. The third kappa shape index (κ3) is 3.98. The fourth-order valence-electron chi connectivity index (χ4n) is 3.96. The molecule has 0 bridgehead atoms. The van der Waals surface area contributed by atoms with Gasteiger partial charge in [0.05, 0.1) is 0 Å². The Morgan fingerprint density at radius 3 is 1.41 bits per heavy atom. The van der Waals surface area contributed by atoms with Crippen LogP contribution in [0, 0.1) is 11.8 Å². The molecule has 0 heterocycles. The van der Waals surface area contributed by atoms with E-state index < -0.39 is 0 Å². The molecule has 0 amide bonds. The second-order valence-electron chi connectivity index (χ2n) is 6.54. The topological polar surface area (TPSA) is 12.0 Å². The third-order valence-corrected chi connectivity index (χ3v) is 5.24. The summed E-state index contributed by atoms with van der Waals surface area (Å²) in [7, 11) is 0. The van der Waals surface area contributed by atoms with Crippen LogP contribution in [0.4, 0.5) is 0 Å². The normalized spacial score (nSPS) is 27.9. The molecule has 2 atom stereocenters. The van der Waals surface area contributed by atoms with Crippen LogP contribution in [0.1, 0.15) is 78.1 Å². The molecule has 2 fully saturated rings. The summed E-state index contributed by atoms with van der Waals surface area (Å²) in [6.45, 7) is 4.85. The Balaban J connectivity index is 1.76. The maximum absolute atomic E-state index is 3.92. The van der Waals surface area contributed by atoms with Crippen LogP contribution in [-0.2, 0) is 0 Å². The van der Waals surface area contributed by atoms with Gasteiger partial charge in [-0.05, 0) is 51.4 Å². The zero-order valence-electron chi connectivity index (χ0n) is 11.9. The first-order valence-corrected chi connectivity index (χ1v) is 8.03. The van der Waals surface area contributed by atoms with Gasteiger partial charge in [0.15, 0.2) is 0 Å². The van der Waals surface area contributed by atoms with Gasteiger partial charge in [-0.25, -0.2) is 0 Å². The molecular weight excluding hydrogens is 206 g/mol. The summed E-state index contributed by atoms with van der Waals surface area (Å²) in [6, 6.07) is 1.49. The Morgan fingerprint density at radius 1 is 0.647 bits per heavy atom. The first kappa shape index (κ1) is 13.4. The van der Waals surface area contributed by atoms with E-state index in [2.05, 4.69) is 19.2 Å². The lowest BCUT2D eigenvalue weighted by atomic mass is 9.91. The Bertz CT molecular complexity index is 200. The lowest BCUT2D eigenvalue weighted by Crippen LogP contribution is -2.42. The molecule has 100 valence electrons. The maximum Gasteiger partial charge on any atom is 0.00695 e. The summed E-state index contributed by atoms with van der Waals surface area (Å²) < 4.78 is 0. The summed E-state index contributed by atoms with van der Waals surface area (Å²) in [5.41, 5.74) is 0. The zero-order valence-corrected chi connectivity index (χ0v) is 11.9. The van der Waals surface area contributed by atoms with Crippen molar-refractivity contribution in [2.24, 2.45) is 11.8 Å². The zero-order chi connectivity index (χ0) is 12.1. The molecule has 1 heteroatoms. The van der Waals surface area contributed by atoms with E-state index in [1.165, 1.54) is 64.2 Å². The van der Waals surface area contributed by atoms with Crippen molar-refractivity contribution < 1.29 is 0 Å². The minimum atomic E-state index is 0.740. The molecule has 0 saturated heterocycles. The highest BCUT2D eigenvalue weighted by Gasteiger charge is 2.25. The highest BCUT2D eigenvalue weighted by Crippen LogP contribution is 2.30. The fraction of sp³-hybridized carbons (Fsp3) is 1.00. The van der Waals surface area contributed by atoms with E-state index >= 15 is 0 Å². The van der Waals surface area contributed by atoms with E-state index in [0.717, 1.165) is 23.9 Å². The van der Waals surface area contributed by atoms with Crippen molar-refractivity contribution in [2.75, 3.05) is 0 Å². The molecule has 0 spiro atoms. The standard InChI is InChI=1S/C16H31N/c1-13(15-9-5-3-4-6-10-15)17-14(2)16-11-7-8-12-16/h13-17H,3-12H2,1-2H3/t13-,14?/m0/s1. The monoisotopic (exact) mass is 237 g/mol. The quantitative estimate of drug-likeness (QED) is 0.709. The minimum Gasteiger partial charge on any atom is -0.311 e. The van der Waals surface area contributed by atoms with Crippen LogP contribution < -0.4 is 5.32 Å². The molecule has 0 aliphatic heterocycles. The van der Waals surface area contributed by atoms with Crippen molar-refractivity contribution in [3.05, 3.63) is 0 Å². The van der Waals surface area contributed by atoms with Gasteiger partial charge in [-0.2, -0.15) is 0 Å². The Kier molecular flexibility index (Phi) is 5.34. The van der Waals surface area contributed by atoms with E-state index in [-0.39, 0.29) is 0 Å². The Morgan fingerprint density at radius 2 is 1.00 bits per heavy atom. The van der Waals surface area contributed by atoms with Gasteiger partial charge < -0.3 is 5.32 Å². The second-order valence-corrected chi connectivity index (χ2v) is 6.54. The van der Waals surface area contributed by atoms with Gasteiger partial charge in [-0.3, -0.25) is 0 Å². The predicted molar refractivity (Wildman–Crippen MR) is 75.2 cm³/mol. The molecule has 0 aromatic rings. The minimum absolute atomic E-state index is 0.740. The molecule has 0 radical (unpaired) electrons. The van der Waals surface area contributed by atoms with E-state index in [9.17, 15) is 0 Å². The van der Waals surface area contributed by atoms with E-state index in [0.29, 0.717) is 0 Å². The van der Waals surface area contributed by atoms with Gasteiger partial charge in [0.25, 0.3) is 0 Å². The van der Waals surface area contributed by atoms with Gasteiger partial charge in [0.1, 0.15) is 0 Å². The molecule has 1 N–H and O–H groups in total. The number of hydrogen-bond donors (Lipinski definition) is 1. The molecule has 0 aromatic heterocycles. The van der Waals surface area contributed by atoms with Gasteiger partial charge in [-0.1, -0.05) is 38.5 Å². The Labute approximate surface area is 108 Å². The van der Waals surface area contributed by atoms with Gasteiger partial charge in [-0.15, -0.1) is 0 Å². The molecule has 2 rings (SSSR count). The smallest absolute Gasteiger partial charge is 0.00695 e. The maximum atomic E-state index is 3.92. The summed E-state index contributed by atoms with van der Waals surface area (Å²) in [4.78, 5) is 0. The highest BCUT2D eigenvalue weighted by molar-refractivity contribution is 4.82. The van der Waals surface area contributed by atoms with Crippen molar-refractivity contribution in [3.8, 4) is 0 Å². The van der Waals surface area contributed by atoms with Crippen molar-refractivity contribution in [1.82, 2.24) is 5.32 Å². The Hall–Kier alpha value is -0.0400. The van der Waals surface area contributed by atoms with Crippen LogP contribution in [0.25, 0.3) is 0 Å². The molecule has 17 heavy (non-hydrogen) atoms. The fourth-order valence-corrected chi connectivity index (χ4v) is 3.96. The number of nitrogens with one attached hydrogen (secondary N) is 1. The van der Waals surface area contributed by atoms with Crippen LogP contribution in [0.2, 0.25) is 0 Å². The second kappa shape index (κ2) is 6.78. The summed E-state index contributed by atoms with van der Waals surface area (Å²) in [5.74, 6) is 1.91. The SMILES string of the molecule is CC(N[C@@H](C)C1CCCCCC1)C1CCCC1. The molecule has 1 nitrogen and oxygen atoms in total. The molecule has 0 aromatic carbocycles. The van der Waals surface area contributed by atoms with Crippen LogP contribution >= 0.6 is 0 Å². The van der Waals surface area contributed by atoms with Crippen molar-refractivity contribution >= 4 is 0 Å². The first-order chi connectivity index (χ1) is 8.27. The summed E-state index contributed by atoms with van der Waals surface area (Å²) >= 11 is 0. The summed E-state index contributed by atoms with van der Waals surface area (Å²) in [5, 5.41) is 3.92. The lowest BCUT2D eigenvalue weighted by Gasteiger charge is -2.30. The number of rotatable bonds is 4. The van der Waals surface area contributed by atoms with Crippen molar-refractivity contribution in [3.63, 3.8) is 0 Å². The van der Waals surface area contributed by atoms with Crippen LogP contribution in [0.15, 0.2) is 0 Å². The molecule has 2 aliphatic carbocycles. The van der Waals surface area contributed by atoms with Crippen LogP contribution in [-0.4, -0.2) is 12.1 Å². The van der Waals surface area contributed by atoms with Crippen molar-refractivity contribution in [2.45, 2.75) is 90.1 Å². The largest absolute Gasteiger partial charge is 0.311 e. The van der Waals surface area contributed by atoms with E-state index in [4.69, 9.17) is 0 Å². The predicted octanol–water partition coefficient (Wildman–Crippen LogP) is 4.51. The lowest BCUT2D eigenvalue weighted by molar-refractivity contribution is 0.275.